The van der Waals surface area contributed by atoms with Crippen LogP contribution in [0.15, 0.2) is 60.7 Å². The van der Waals surface area contributed by atoms with Gasteiger partial charge in [-0.3, -0.25) is 4.79 Å². The zero-order valence-corrected chi connectivity index (χ0v) is 16.2. The molecular formula is C23H21N3O3. The minimum absolute atomic E-state index is 0.138. The number of carbonyl (C=O) groups excluding carboxylic acids is 1. The number of hydrogen-bond acceptors (Lipinski definition) is 4. The van der Waals surface area contributed by atoms with Gasteiger partial charge in [0.25, 0.3) is 5.91 Å². The Hall–Kier alpha value is -3.80. The fourth-order valence-electron chi connectivity index (χ4n) is 3.45. The average Bonchev–Trinajstić information content (AvgIpc) is 3.09. The standard InChI is InChI=1S/C23H21N3O3/c1-14-10-17(12-20(27)21(14)28)22-25-18-11-16(23(29)24-2)8-9-19(18)26(22)13-15-6-4-3-5-7-15/h3-12,27-28H,13H2,1-2H3,(H,24,29). The summed E-state index contributed by atoms with van der Waals surface area (Å²) < 4.78 is 2.05. The maximum atomic E-state index is 12.0. The Labute approximate surface area is 168 Å². The fraction of sp³-hybridized carbons (Fsp3) is 0.130. The van der Waals surface area contributed by atoms with Crippen LogP contribution in [0.5, 0.6) is 11.5 Å². The number of aryl methyl sites for hydroxylation is 1. The van der Waals surface area contributed by atoms with Crippen LogP contribution in [-0.2, 0) is 6.54 Å². The second-order valence-corrected chi connectivity index (χ2v) is 6.95. The molecule has 146 valence electrons. The molecule has 0 aliphatic rings. The van der Waals surface area contributed by atoms with E-state index in [0.29, 0.717) is 34.6 Å². The van der Waals surface area contributed by atoms with Crippen LogP contribution in [0, 0.1) is 6.92 Å². The second kappa shape index (κ2) is 7.31. The lowest BCUT2D eigenvalue weighted by Crippen LogP contribution is -2.17. The van der Waals surface area contributed by atoms with Crippen molar-refractivity contribution in [3.05, 3.63) is 77.4 Å². The quantitative estimate of drug-likeness (QED) is 0.465. The molecule has 0 bridgehead atoms. The van der Waals surface area contributed by atoms with Crippen molar-refractivity contribution in [2.24, 2.45) is 0 Å². The summed E-state index contributed by atoms with van der Waals surface area (Å²) in [5.74, 6) is 0.145. The highest BCUT2D eigenvalue weighted by Crippen LogP contribution is 2.35. The number of nitrogens with zero attached hydrogens (tertiary/aromatic N) is 2. The molecule has 1 heterocycles. The summed E-state index contributed by atoms with van der Waals surface area (Å²) in [6, 6.07) is 18.7. The molecule has 29 heavy (non-hydrogen) atoms. The first-order chi connectivity index (χ1) is 14.0. The molecule has 0 unspecified atom stereocenters. The van der Waals surface area contributed by atoms with Gasteiger partial charge in [-0.25, -0.2) is 4.98 Å². The Kier molecular flexibility index (Phi) is 4.68. The molecule has 4 aromatic rings. The number of phenolic OH excluding ortho intramolecular Hbond substituents is 2. The molecular weight excluding hydrogens is 366 g/mol. The minimum Gasteiger partial charge on any atom is -0.504 e. The van der Waals surface area contributed by atoms with Crippen LogP contribution >= 0.6 is 0 Å². The number of benzene rings is 3. The van der Waals surface area contributed by atoms with Gasteiger partial charge in [0, 0.05) is 24.7 Å². The molecule has 1 amide bonds. The van der Waals surface area contributed by atoms with Crippen molar-refractivity contribution < 1.29 is 15.0 Å². The maximum absolute atomic E-state index is 12.0. The zero-order chi connectivity index (χ0) is 20.5. The number of fused-ring (bicyclic) bond motifs is 1. The van der Waals surface area contributed by atoms with Gasteiger partial charge < -0.3 is 20.1 Å². The number of carbonyl (C=O) groups is 1. The molecule has 0 saturated heterocycles. The van der Waals surface area contributed by atoms with E-state index in [-0.39, 0.29) is 17.4 Å². The van der Waals surface area contributed by atoms with Crippen molar-refractivity contribution in [3.63, 3.8) is 0 Å². The van der Waals surface area contributed by atoms with Gasteiger partial charge in [0.2, 0.25) is 0 Å². The molecule has 3 N–H and O–H groups in total. The molecule has 0 fully saturated rings. The van der Waals surface area contributed by atoms with Crippen LogP contribution in [0.1, 0.15) is 21.5 Å². The van der Waals surface area contributed by atoms with E-state index in [4.69, 9.17) is 4.98 Å². The van der Waals surface area contributed by atoms with E-state index >= 15 is 0 Å². The highest BCUT2D eigenvalue weighted by atomic mass is 16.3. The third-order valence-corrected chi connectivity index (χ3v) is 4.96. The molecule has 6 heteroatoms. The van der Waals surface area contributed by atoms with Gasteiger partial charge in [0.15, 0.2) is 11.5 Å². The molecule has 0 spiro atoms. The number of phenols is 2. The second-order valence-electron chi connectivity index (χ2n) is 6.95. The lowest BCUT2D eigenvalue weighted by atomic mass is 10.1. The smallest absolute Gasteiger partial charge is 0.251 e. The van der Waals surface area contributed by atoms with Crippen LogP contribution < -0.4 is 5.32 Å². The van der Waals surface area contributed by atoms with Crippen molar-refractivity contribution in [3.8, 4) is 22.9 Å². The van der Waals surface area contributed by atoms with E-state index in [2.05, 4.69) is 5.32 Å². The summed E-state index contributed by atoms with van der Waals surface area (Å²) in [5, 5.41) is 22.7. The maximum Gasteiger partial charge on any atom is 0.251 e. The van der Waals surface area contributed by atoms with Crippen molar-refractivity contribution in [2.45, 2.75) is 13.5 Å². The first kappa shape index (κ1) is 18.6. The molecule has 0 atom stereocenters. The number of nitrogens with one attached hydrogen (secondary N) is 1. The SMILES string of the molecule is CNC(=O)c1ccc2c(c1)nc(-c1cc(C)c(O)c(O)c1)n2Cc1ccccc1. The van der Waals surface area contributed by atoms with E-state index in [9.17, 15) is 15.0 Å². The van der Waals surface area contributed by atoms with Gasteiger partial charge >= 0.3 is 0 Å². The lowest BCUT2D eigenvalue weighted by molar-refractivity contribution is 0.0963. The molecule has 0 aliphatic carbocycles. The number of aromatic hydroxyl groups is 2. The predicted molar refractivity (Wildman–Crippen MR) is 112 cm³/mol. The largest absolute Gasteiger partial charge is 0.504 e. The molecule has 0 radical (unpaired) electrons. The van der Waals surface area contributed by atoms with Crippen LogP contribution in [0.2, 0.25) is 0 Å². The van der Waals surface area contributed by atoms with Crippen LogP contribution in [-0.4, -0.2) is 32.7 Å². The van der Waals surface area contributed by atoms with Gasteiger partial charge in [-0.15, -0.1) is 0 Å². The van der Waals surface area contributed by atoms with Gasteiger partial charge in [0.05, 0.1) is 11.0 Å². The summed E-state index contributed by atoms with van der Waals surface area (Å²) in [6.07, 6.45) is 0. The topological polar surface area (TPSA) is 87.4 Å². The van der Waals surface area contributed by atoms with E-state index in [1.54, 1.807) is 32.2 Å². The van der Waals surface area contributed by atoms with Crippen molar-refractivity contribution in [1.82, 2.24) is 14.9 Å². The first-order valence-corrected chi connectivity index (χ1v) is 9.27. The summed E-state index contributed by atoms with van der Waals surface area (Å²) in [6.45, 7) is 2.30. The number of aromatic nitrogens is 2. The third kappa shape index (κ3) is 3.40. The normalized spacial score (nSPS) is 11.0. The number of imidazole rings is 1. The van der Waals surface area contributed by atoms with Crippen molar-refractivity contribution >= 4 is 16.9 Å². The summed E-state index contributed by atoms with van der Waals surface area (Å²) in [5.41, 5.74) is 4.43. The Morgan fingerprint density at radius 2 is 1.83 bits per heavy atom. The Morgan fingerprint density at radius 3 is 2.52 bits per heavy atom. The van der Waals surface area contributed by atoms with E-state index < -0.39 is 0 Å². The number of amides is 1. The highest BCUT2D eigenvalue weighted by Gasteiger charge is 2.17. The summed E-state index contributed by atoms with van der Waals surface area (Å²) in [7, 11) is 1.59. The number of hydrogen-bond donors (Lipinski definition) is 3. The Morgan fingerprint density at radius 1 is 1.07 bits per heavy atom. The average molecular weight is 387 g/mol. The van der Waals surface area contributed by atoms with Crippen LogP contribution in [0.25, 0.3) is 22.4 Å². The molecule has 3 aromatic carbocycles. The van der Waals surface area contributed by atoms with Crippen LogP contribution in [0.4, 0.5) is 0 Å². The Balaban J connectivity index is 1.93. The van der Waals surface area contributed by atoms with Crippen molar-refractivity contribution in [2.75, 3.05) is 7.05 Å². The molecule has 0 saturated carbocycles. The molecule has 6 nitrogen and oxygen atoms in total. The van der Waals surface area contributed by atoms with Gasteiger partial charge in [-0.2, -0.15) is 0 Å². The molecule has 1 aromatic heterocycles. The van der Waals surface area contributed by atoms with Gasteiger partial charge in [-0.1, -0.05) is 30.3 Å². The zero-order valence-electron chi connectivity index (χ0n) is 16.2. The van der Waals surface area contributed by atoms with Crippen LogP contribution in [0.3, 0.4) is 0 Å². The van der Waals surface area contributed by atoms with Gasteiger partial charge in [-0.05, 0) is 48.4 Å². The van der Waals surface area contributed by atoms with E-state index in [1.165, 1.54) is 6.07 Å². The first-order valence-electron chi connectivity index (χ1n) is 9.27. The highest BCUT2D eigenvalue weighted by molar-refractivity contribution is 5.97. The minimum atomic E-state index is -0.190. The monoisotopic (exact) mass is 387 g/mol. The summed E-state index contributed by atoms with van der Waals surface area (Å²) >= 11 is 0. The lowest BCUT2D eigenvalue weighted by Gasteiger charge is -2.11. The molecule has 4 rings (SSSR count). The summed E-state index contributed by atoms with van der Waals surface area (Å²) in [4.78, 5) is 16.8. The van der Waals surface area contributed by atoms with E-state index in [1.807, 2.05) is 41.0 Å². The van der Waals surface area contributed by atoms with E-state index in [0.717, 1.165) is 11.1 Å². The number of rotatable bonds is 4. The fourth-order valence-corrected chi connectivity index (χ4v) is 3.45. The van der Waals surface area contributed by atoms with Gasteiger partial charge in [0.1, 0.15) is 5.82 Å². The predicted octanol–water partition coefficient (Wildman–Crippen LogP) is 3.83. The molecule has 0 aliphatic heterocycles. The third-order valence-electron chi connectivity index (χ3n) is 4.96. The van der Waals surface area contributed by atoms with Crippen molar-refractivity contribution in [1.29, 1.82) is 0 Å². The Bertz CT molecular complexity index is 1190.